The van der Waals surface area contributed by atoms with Crippen LogP contribution in [0.25, 0.3) is 0 Å². The van der Waals surface area contributed by atoms with Gasteiger partial charge in [0, 0.05) is 17.9 Å². The lowest BCUT2D eigenvalue weighted by Crippen LogP contribution is -1.89. The van der Waals surface area contributed by atoms with Gasteiger partial charge in [-0.2, -0.15) is 0 Å². The Hall–Kier alpha value is -0.930. The van der Waals surface area contributed by atoms with Crippen molar-refractivity contribution in [1.29, 1.82) is 0 Å². The normalized spacial score (nSPS) is 9.43. The van der Waals surface area contributed by atoms with Crippen molar-refractivity contribution >= 4 is 11.6 Å². The van der Waals surface area contributed by atoms with Gasteiger partial charge < -0.3 is 0 Å². The molecule has 0 nitrogen and oxygen atoms in total. The topological polar surface area (TPSA) is 0 Å². The van der Waals surface area contributed by atoms with E-state index < -0.39 is 0 Å². The first-order valence-corrected chi connectivity index (χ1v) is 5.31. The highest BCUT2D eigenvalue weighted by atomic mass is 35.5. The molecule has 14 heavy (non-hydrogen) atoms. The van der Waals surface area contributed by atoms with E-state index in [9.17, 15) is 0 Å². The highest BCUT2D eigenvalue weighted by molar-refractivity contribution is 6.18. The zero-order valence-electron chi connectivity index (χ0n) is 8.95. The van der Waals surface area contributed by atoms with E-state index >= 15 is 0 Å². The molecule has 0 heterocycles. The molecular formula is C13H15Cl. The van der Waals surface area contributed by atoms with Crippen LogP contribution in [-0.4, -0.2) is 5.88 Å². The molecule has 1 rings (SSSR count). The minimum Gasteiger partial charge on any atom is -0.126 e. The predicted molar refractivity (Wildman–Crippen MR) is 62.9 cm³/mol. The SMILES string of the molecule is Cc1cc(C)c(C#CCCCl)c(C)c1. The number of hydrogen-bond acceptors (Lipinski definition) is 0. The van der Waals surface area contributed by atoms with Crippen LogP contribution in [0.4, 0.5) is 0 Å². The number of rotatable bonds is 1. The molecule has 1 aromatic carbocycles. The number of aryl methyl sites for hydroxylation is 3. The smallest absolute Gasteiger partial charge is 0.0333 e. The highest BCUT2D eigenvalue weighted by Crippen LogP contribution is 2.14. The number of halogens is 1. The van der Waals surface area contributed by atoms with E-state index in [1.54, 1.807) is 0 Å². The van der Waals surface area contributed by atoms with E-state index in [4.69, 9.17) is 11.6 Å². The molecular weight excluding hydrogens is 192 g/mol. The van der Waals surface area contributed by atoms with E-state index in [-0.39, 0.29) is 0 Å². The minimum absolute atomic E-state index is 0.608. The molecule has 0 bridgehead atoms. The van der Waals surface area contributed by atoms with E-state index in [0.717, 1.165) is 12.0 Å². The Morgan fingerprint density at radius 2 is 1.71 bits per heavy atom. The van der Waals surface area contributed by atoms with Crippen molar-refractivity contribution < 1.29 is 0 Å². The third-order valence-electron chi connectivity index (χ3n) is 2.11. The Kier molecular flexibility index (Phi) is 4.04. The molecule has 0 radical (unpaired) electrons. The Morgan fingerprint density at radius 3 is 2.21 bits per heavy atom. The van der Waals surface area contributed by atoms with Gasteiger partial charge in [-0.3, -0.25) is 0 Å². The first-order chi connectivity index (χ1) is 6.65. The van der Waals surface area contributed by atoms with Crippen molar-refractivity contribution in [3.63, 3.8) is 0 Å². The molecule has 0 aromatic heterocycles. The number of hydrogen-bond donors (Lipinski definition) is 0. The van der Waals surface area contributed by atoms with Crippen LogP contribution in [0, 0.1) is 32.6 Å². The molecule has 74 valence electrons. The van der Waals surface area contributed by atoms with Crippen LogP contribution < -0.4 is 0 Å². The lowest BCUT2D eigenvalue weighted by molar-refractivity contribution is 1.27. The van der Waals surface area contributed by atoms with Gasteiger partial charge in [-0.1, -0.05) is 29.5 Å². The van der Waals surface area contributed by atoms with Gasteiger partial charge in [-0.15, -0.1) is 11.6 Å². The quantitative estimate of drug-likeness (QED) is 0.487. The molecule has 0 amide bonds. The number of benzene rings is 1. The van der Waals surface area contributed by atoms with Crippen LogP contribution in [0.2, 0.25) is 0 Å². The molecule has 0 saturated heterocycles. The fourth-order valence-corrected chi connectivity index (χ4v) is 1.67. The largest absolute Gasteiger partial charge is 0.126 e. The maximum absolute atomic E-state index is 5.57. The summed E-state index contributed by atoms with van der Waals surface area (Å²) in [5.41, 5.74) is 4.96. The van der Waals surface area contributed by atoms with Crippen LogP contribution in [0.3, 0.4) is 0 Å². The van der Waals surface area contributed by atoms with Crippen molar-refractivity contribution in [2.45, 2.75) is 27.2 Å². The Labute approximate surface area is 91.3 Å². The predicted octanol–water partition coefficient (Wildman–Crippen LogP) is 3.59. The summed E-state index contributed by atoms with van der Waals surface area (Å²) in [4.78, 5) is 0. The third kappa shape index (κ3) is 2.79. The summed E-state index contributed by atoms with van der Waals surface area (Å²) in [6.07, 6.45) is 0.758. The monoisotopic (exact) mass is 206 g/mol. The minimum atomic E-state index is 0.608. The van der Waals surface area contributed by atoms with E-state index in [0.29, 0.717) is 5.88 Å². The molecule has 0 atom stereocenters. The zero-order chi connectivity index (χ0) is 10.6. The first-order valence-electron chi connectivity index (χ1n) is 4.78. The van der Waals surface area contributed by atoms with Gasteiger partial charge in [0.25, 0.3) is 0 Å². The van der Waals surface area contributed by atoms with Crippen LogP contribution in [-0.2, 0) is 0 Å². The van der Waals surface area contributed by atoms with Gasteiger partial charge in [-0.25, -0.2) is 0 Å². The molecule has 0 N–H and O–H groups in total. The lowest BCUT2D eigenvalue weighted by Gasteiger charge is -2.04. The second-order valence-corrected chi connectivity index (χ2v) is 3.89. The van der Waals surface area contributed by atoms with E-state index in [1.807, 2.05) is 0 Å². The standard InChI is InChI=1S/C13H15Cl/c1-10-8-11(2)13(12(3)9-10)6-4-5-7-14/h8-9H,5,7H2,1-3H3. The van der Waals surface area contributed by atoms with Crippen molar-refractivity contribution in [3.05, 3.63) is 34.4 Å². The van der Waals surface area contributed by atoms with Crippen molar-refractivity contribution in [2.24, 2.45) is 0 Å². The van der Waals surface area contributed by atoms with Crippen molar-refractivity contribution in [2.75, 3.05) is 5.88 Å². The zero-order valence-corrected chi connectivity index (χ0v) is 9.70. The molecule has 0 saturated carbocycles. The molecule has 0 fully saturated rings. The summed E-state index contributed by atoms with van der Waals surface area (Å²) in [5.74, 6) is 6.85. The Balaban J connectivity index is 3.04. The van der Waals surface area contributed by atoms with Crippen LogP contribution in [0.5, 0.6) is 0 Å². The molecule has 0 aliphatic carbocycles. The van der Waals surface area contributed by atoms with Gasteiger partial charge in [0.1, 0.15) is 0 Å². The Bertz CT molecular complexity index is 357. The van der Waals surface area contributed by atoms with Gasteiger partial charge in [0.2, 0.25) is 0 Å². The molecule has 1 aromatic rings. The molecule has 0 unspecified atom stereocenters. The van der Waals surface area contributed by atoms with Crippen LogP contribution in [0.1, 0.15) is 28.7 Å². The van der Waals surface area contributed by atoms with Crippen LogP contribution in [0.15, 0.2) is 12.1 Å². The first kappa shape index (κ1) is 11.1. The third-order valence-corrected chi connectivity index (χ3v) is 2.30. The van der Waals surface area contributed by atoms with E-state index in [2.05, 4.69) is 44.7 Å². The maximum atomic E-state index is 5.57. The fourth-order valence-electron chi connectivity index (χ4n) is 1.58. The lowest BCUT2D eigenvalue weighted by atomic mass is 10.0. The van der Waals surface area contributed by atoms with Crippen LogP contribution >= 0.6 is 11.6 Å². The highest BCUT2D eigenvalue weighted by Gasteiger charge is 1.99. The van der Waals surface area contributed by atoms with Gasteiger partial charge in [-0.05, 0) is 31.9 Å². The second-order valence-electron chi connectivity index (χ2n) is 3.51. The maximum Gasteiger partial charge on any atom is 0.0333 e. The van der Waals surface area contributed by atoms with E-state index in [1.165, 1.54) is 16.7 Å². The van der Waals surface area contributed by atoms with Gasteiger partial charge in [0.15, 0.2) is 0 Å². The second kappa shape index (κ2) is 5.08. The fraction of sp³-hybridized carbons (Fsp3) is 0.385. The average Bonchev–Trinajstić information content (AvgIpc) is 2.09. The van der Waals surface area contributed by atoms with Gasteiger partial charge in [0.05, 0.1) is 0 Å². The molecule has 0 aliphatic rings. The Morgan fingerprint density at radius 1 is 1.14 bits per heavy atom. The summed E-state index contributed by atoms with van der Waals surface area (Å²) in [7, 11) is 0. The summed E-state index contributed by atoms with van der Waals surface area (Å²) in [5, 5.41) is 0. The van der Waals surface area contributed by atoms with Crippen molar-refractivity contribution in [3.8, 4) is 11.8 Å². The van der Waals surface area contributed by atoms with Crippen molar-refractivity contribution in [1.82, 2.24) is 0 Å². The number of alkyl halides is 1. The summed E-state index contributed by atoms with van der Waals surface area (Å²) >= 11 is 5.57. The molecule has 0 aliphatic heterocycles. The van der Waals surface area contributed by atoms with Gasteiger partial charge >= 0.3 is 0 Å². The summed E-state index contributed by atoms with van der Waals surface area (Å²) in [6.45, 7) is 6.31. The summed E-state index contributed by atoms with van der Waals surface area (Å²) in [6, 6.07) is 4.33. The summed E-state index contributed by atoms with van der Waals surface area (Å²) < 4.78 is 0. The molecule has 1 heteroatoms. The molecule has 0 spiro atoms. The average molecular weight is 207 g/mol.